The van der Waals surface area contributed by atoms with Crippen LogP contribution in [0, 0.1) is 0 Å². The van der Waals surface area contributed by atoms with Crippen molar-refractivity contribution in [1.29, 1.82) is 0 Å². The first-order valence-electron chi connectivity index (χ1n) is 6.36. The summed E-state index contributed by atoms with van der Waals surface area (Å²) in [4.78, 5) is -0.756. The second-order valence-corrected chi connectivity index (χ2v) is 6.96. The van der Waals surface area contributed by atoms with Crippen molar-refractivity contribution in [2.75, 3.05) is 13.6 Å². The van der Waals surface area contributed by atoms with E-state index in [1.54, 1.807) is 13.8 Å². The number of nitrogens with two attached hydrogens (primary N) is 1. The third kappa shape index (κ3) is 3.38. The van der Waals surface area contributed by atoms with E-state index in [0.29, 0.717) is 6.42 Å². The number of alkyl halides is 3. The molecule has 1 aromatic carbocycles. The van der Waals surface area contributed by atoms with Crippen LogP contribution in [0.3, 0.4) is 0 Å². The van der Waals surface area contributed by atoms with E-state index >= 15 is 0 Å². The standard InChI is InChI=1S/C13H19F3N2O2S/c1-4-12(2,9-17)18(3)21(19,20)11-8-6-5-7-10(11)13(14,15)16/h5-8H,4,9,17H2,1-3H3. The third-order valence-electron chi connectivity index (χ3n) is 3.79. The van der Waals surface area contributed by atoms with Crippen LogP contribution in [0.15, 0.2) is 29.2 Å². The van der Waals surface area contributed by atoms with Gasteiger partial charge in [-0.3, -0.25) is 0 Å². The Hall–Kier alpha value is -1.12. The van der Waals surface area contributed by atoms with Gasteiger partial charge in [0.15, 0.2) is 0 Å². The lowest BCUT2D eigenvalue weighted by Gasteiger charge is -2.36. The summed E-state index contributed by atoms with van der Waals surface area (Å²) >= 11 is 0. The van der Waals surface area contributed by atoms with Crippen LogP contribution < -0.4 is 5.73 Å². The maximum Gasteiger partial charge on any atom is 0.417 e. The quantitative estimate of drug-likeness (QED) is 0.905. The molecule has 0 saturated heterocycles. The van der Waals surface area contributed by atoms with E-state index in [0.717, 1.165) is 22.5 Å². The van der Waals surface area contributed by atoms with Crippen molar-refractivity contribution in [3.8, 4) is 0 Å². The molecule has 0 aromatic heterocycles. The van der Waals surface area contributed by atoms with Gasteiger partial charge in [-0.2, -0.15) is 17.5 Å². The van der Waals surface area contributed by atoms with Crippen LogP contribution in [0.25, 0.3) is 0 Å². The van der Waals surface area contributed by atoms with E-state index in [4.69, 9.17) is 5.73 Å². The molecule has 0 spiro atoms. The molecule has 0 heterocycles. The van der Waals surface area contributed by atoms with Gasteiger partial charge >= 0.3 is 6.18 Å². The number of benzene rings is 1. The summed E-state index contributed by atoms with van der Waals surface area (Å²) in [6.07, 6.45) is -4.36. The summed E-state index contributed by atoms with van der Waals surface area (Å²) in [6, 6.07) is 4.14. The van der Waals surface area contributed by atoms with Gasteiger partial charge in [0.05, 0.1) is 10.5 Å². The van der Waals surface area contributed by atoms with E-state index in [1.165, 1.54) is 13.1 Å². The van der Waals surface area contributed by atoms with E-state index in [-0.39, 0.29) is 6.54 Å². The van der Waals surface area contributed by atoms with Crippen LogP contribution in [0.1, 0.15) is 25.8 Å². The first-order valence-corrected chi connectivity index (χ1v) is 7.80. The molecule has 1 aromatic rings. The number of sulfonamides is 1. The van der Waals surface area contributed by atoms with Crippen LogP contribution in [0.5, 0.6) is 0 Å². The normalized spacial score (nSPS) is 16.0. The Labute approximate surface area is 122 Å². The summed E-state index contributed by atoms with van der Waals surface area (Å²) in [5.41, 5.74) is 3.47. The molecule has 0 fully saturated rings. The molecule has 21 heavy (non-hydrogen) atoms. The predicted molar refractivity (Wildman–Crippen MR) is 74.1 cm³/mol. The first-order chi connectivity index (χ1) is 9.50. The topological polar surface area (TPSA) is 63.4 Å². The van der Waals surface area contributed by atoms with Crippen molar-refractivity contribution >= 4 is 10.0 Å². The van der Waals surface area contributed by atoms with Crippen molar-refractivity contribution in [3.05, 3.63) is 29.8 Å². The number of hydrogen-bond acceptors (Lipinski definition) is 3. The summed E-state index contributed by atoms with van der Waals surface area (Å²) in [7, 11) is -3.05. The molecule has 0 aliphatic carbocycles. The van der Waals surface area contributed by atoms with Crippen LogP contribution in [0.2, 0.25) is 0 Å². The molecule has 0 aliphatic heterocycles. The SMILES string of the molecule is CCC(C)(CN)N(C)S(=O)(=O)c1ccccc1C(F)(F)F. The summed E-state index contributed by atoms with van der Waals surface area (Å²) in [6.45, 7) is 3.34. The fourth-order valence-corrected chi connectivity index (χ4v) is 3.65. The van der Waals surface area contributed by atoms with Crippen LogP contribution in [-0.2, 0) is 16.2 Å². The molecule has 1 unspecified atom stereocenters. The van der Waals surface area contributed by atoms with Crippen LogP contribution in [-0.4, -0.2) is 31.9 Å². The second kappa shape index (κ2) is 5.94. The maximum atomic E-state index is 13.0. The predicted octanol–water partition coefficient (Wildman–Crippen LogP) is 2.45. The van der Waals surface area contributed by atoms with E-state index < -0.39 is 32.2 Å². The van der Waals surface area contributed by atoms with Crippen molar-refractivity contribution < 1.29 is 21.6 Å². The zero-order valence-electron chi connectivity index (χ0n) is 12.1. The Morgan fingerprint density at radius 3 is 2.19 bits per heavy atom. The van der Waals surface area contributed by atoms with Gasteiger partial charge in [0.25, 0.3) is 0 Å². The number of likely N-dealkylation sites (N-methyl/N-ethyl adjacent to an activating group) is 1. The van der Waals surface area contributed by atoms with Crippen LogP contribution in [0.4, 0.5) is 13.2 Å². The lowest BCUT2D eigenvalue weighted by molar-refractivity contribution is -0.139. The highest BCUT2D eigenvalue weighted by molar-refractivity contribution is 7.89. The van der Waals surface area contributed by atoms with Crippen molar-refractivity contribution in [3.63, 3.8) is 0 Å². The maximum absolute atomic E-state index is 13.0. The van der Waals surface area contributed by atoms with Crippen LogP contribution >= 0.6 is 0 Å². The molecule has 0 bridgehead atoms. The number of rotatable bonds is 5. The molecule has 0 saturated carbocycles. The van der Waals surface area contributed by atoms with E-state index in [2.05, 4.69) is 0 Å². The van der Waals surface area contributed by atoms with Gasteiger partial charge in [0.2, 0.25) is 10.0 Å². The molecule has 120 valence electrons. The van der Waals surface area contributed by atoms with E-state index in [1.807, 2.05) is 0 Å². The van der Waals surface area contributed by atoms with Gasteiger partial charge < -0.3 is 5.73 Å². The molecule has 0 amide bonds. The Balaban J connectivity index is 3.46. The molecule has 4 nitrogen and oxygen atoms in total. The summed E-state index contributed by atoms with van der Waals surface area (Å²) in [5.74, 6) is 0. The Bertz CT molecular complexity index is 596. The van der Waals surface area contributed by atoms with Gasteiger partial charge in [-0.05, 0) is 25.5 Å². The van der Waals surface area contributed by atoms with Gasteiger partial charge in [-0.1, -0.05) is 19.1 Å². The van der Waals surface area contributed by atoms with E-state index in [9.17, 15) is 21.6 Å². The second-order valence-electron chi connectivity index (χ2n) is 5.02. The van der Waals surface area contributed by atoms with Crippen molar-refractivity contribution in [1.82, 2.24) is 4.31 Å². The molecular formula is C13H19F3N2O2S. The molecule has 1 rings (SSSR count). The smallest absolute Gasteiger partial charge is 0.329 e. The average molecular weight is 324 g/mol. The fraction of sp³-hybridized carbons (Fsp3) is 0.538. The number of nitrogens with zero attached hydrogens (tertiary/aromatic N) is 1. The van der Waals surface area contributed by atoms with Gasteiger partial charge in [-0.25, -0.2) is 8.42 Å². The molecule has 1 atom stereocenters. The van der Waals surface area contributed by atoms with Gasteiger partial charge in [-0.15, -0.1) is 0 Å². The number of halogens is 3. The van der Waals surface area contributed by atoms with Crippen molar-refractivity contribution in [2.24, 2.45) is 5.73 Å². The lowest BCUT2D eigenvalue weighted by Crippen LogP contribution is -2.51. The Kier molecular flexibility index (Phi) is 5.07. The zero-order valence-corrected chi connectivity index (χ0v) is 12.9. The molecule has 8 heteroatoms. The van der Waals surface area contributed by atoms with Crippen molar-refractivity contribution in [2.45, 2.75) is 36.9 Å². The third-order valence-corrected chi connectivity index (χ3v) is 5.87. The average Bonchev–Trinajstić information content (AvgIpc) is 2.44. The van der Waals surface area contributed by atoms with Gasteiger partial charge in [0, 0.05) is 19.1 Å². The lowest BCUT2D eigenvalue weighted by atomic mass is 10.00. The minimum Gasteiger partial charge on any atom is -0.329 e. The molecule has 0 radical (unpaired) electrons. The number of hydrogen-bond donors (Lipinski definition) is 1. The van der Waals surface area contributed by atoms with Gasteiger partial charge in [0.1, 0.15) is 0 Å². The molecular weight excluding hydrogens is 305 g/mol. The first kappa shape index (κ1) is 17.9. The molecule has 2 N–H and O–H groups in total. The monoisotopic (exact) mass is 324 g/mol. The highest BCUT2D eigenvalue weighted by Crippen LogP contribution is 2.36. The summed E-state index contributed by atoms with van der Waals surface area (Å²) < 4.78 is 65.0. The highest BCUT2D eigenvalue weighted by atomic mass is 32.2. The minimum absolute atomic E-state index is 0.00736. The highest BCUT2D eigenvalue weighted by Gasteiger charge is 2.41. The molecule has 0 aliphatic rings. The fourth-order valence-electron chi connectivity index (χ4n) is 1.86. The minimum atomic E-state index is -4.74. The Morgan fingerprint density at radius 2 is 1.76 bits per heavy atom. The summed E-state index contributed by atoms with van der Waals surface area (Å²) in [5, 5.41) is 0. The largest absolute Gasteiger partial charge is 0.417 e. The zero-order chi connectivity index (χ0) is 16.5. The Morgan fingerprint density at radius 1 is 1.24 bits per heavy atom.